The molecule has 0 aliphatic carbocycles. The molecule has 0 saturated carbocycles. The zero-order valence-corrected chi connectivity index (χ0v) is 21.2. The molecule has 0 fully saturated rings. The van der Waals surface area contributed by atoms with Crippen molar-refractivity contribution in [1.82, 2.24) is 9.97 Å². The van der Waals surface area contributed by atoms with E-state index in [-0.39, 0.29) is 18.3 Å². The number of hydrogen-bond donors (Lipinski definition) is 2. The number of anilines is 4. The summed E-state index contributed by atoms with van der Waals surface area (Å²) in [5.74, 6) is -0.382. The molecule has 36 heavy (non-hydrogen) atoms. The van der Waals surface area contributed by atoms with Crippen LogP contribution in [-0.2, 0) is 23.7 Å². The van der Waals surface area contributed by atoms with E-state index in [4.69, 9.17) is 4.74 Å². The number of hydrogen-bond acceptors (Lipinski definition) is 7. The van der Waals surface area contributed by atoms with Gasteiger partial charge in [0, 0.05) is 31.6 Å². The van der Waals surface area contributed by atoms with Gasteiger partial charge in [-0.1, -0.05) is 12.1 Å². The SMILES string of the molecule is COc1cc(C(C)=O)ccc1Nc1ncc(C(F)(F)F)c(NCc2ccc(C)cc2N(C)S(C)=O)n1. The number of carbonyl (C=O) groups excluding carboxylic acids is 1. The standard InChI is InChI=1S/C24H26F3N5O3S/c1-14-6-7-17(20(10-14)32(3)36(5)34)12-28-22-18(24(25,26)27)13-29-23(31-22)30-19-9-8-16(15(2)33)11-21(19)35-4/h6-11,13H,12H2,1-5H3,(H2,28,29,30,31). The molecule has 12 heteroatoms. The molecular formula is C24H26F3N5O3S. The lowest BCUT2D eigenvalue weighted by Crippen LogP contribution is -2.21. The predicted molar refractivity (Wildman–Crippen MR) is 134 cm³/mol. The molecule has 0 aliphatic heterocycles. The van der Waals surface area contributed by atoms with E-state index in [9.17, 15) is 22.2 Å². The van der Waals surface area contributed by atoms with E-state index >= 15 is 0 Å². The molecule has 0 radical (unpaired) electrons. The summed E-state index contributed by atoms with van der Waals surface area (Å²) in [6.45, 7) is 3.27. The Kier molecular flexibility index (Phi) is 8.18. The minimum Gasteiger partial charge on any atom is -0.495 e. The topological polar surface area (TPSA) is 96.5 Å². The molecule has 2 N–H and O–H groups in total. The highest BCUT2D eigenvalue weighted by Gasteiger charge is 2.35. The first-order valence-corrected chi connectivity index (χ1v) is 12.2. The number of halogens is 3. The van der Waals surface area contributed by atoms with Crippen LogP contribution in [0.15, 0.2) is 42.6 Å². The van der Waals surface area contributed by atoms with Gasteiger partial charge in [0.15, 0.2) is 5.78 Å². The zero-order valence-electron chi connectivity index (χ0n) is 20.4. The van der Waals surface area contributed by atoms with Crippen molar-refractivity contribution in [3.63, 3.8) is 0 Å². The molecule has 0 bridgehead atoms. The molecule has 0 aliphatic rings. The minimum atomic E-state index is -4.69. The lowest BCUT2D eigenvalue weighted by atomic mass is 10.1. The fraction of sp³-hybridized carbons (Fsp3) is 0.292. The number of Topliss-reactive ketones (excluding diaryl/α,β-unsaturated/α-hetero) is 1. The Labute approximate surface area is 209 Å². The minimum absolute atomic E-state index is 0.00663. The van der Waals surface area contributed by atoms with Crippen molar-refractivity contribution >= 4 is 39.9 Å². The Bertz CT molecular complexity index is 1300. The fourth-order valence-corrected chi connectivity index (χ4v) is 3.80. The number of ether oxygens (including phenoxy) is 1. The van der Waals surface area contributed by atoms with Gasteiger partial charge in [0.25, 0.3) is 0 Å². The average Bonchev–Trinajstić information content (AvgIpc) is 2.82. The molecular weight excluding hydrogens is 495 g/mol. The van der Waals surface area contributed by atoms with Gasteiger partial charge in [-0.15, -0.1) is 0 Å². The summed E-state index contributed by atoms with van der Waals surface area (Å²) in [6.07, 6.45) is -2.49. The summed E-state index contributed by atoms with van der Waals surface area (Å²) in [5.41, 5.74) is 1.94. The van der Waals surface area contributed by atoms with Crippen molar-refractivity contribution in [2.24, 2.45) is 0 Å². The maximum absolute atomic E-state index is 13.7. The quantitative estimate of drug-likeness (QED) is 0.378. The molecule has 1 heterocycles. The molecule has 1 atom stereocenters. The summed E-state index contributed by atoms with van der Waals surface area (Å²) in [4.78, 5) is 19.5. The van der Waals surface area contributed by atoms with Crippen LogP contribution in [0.25, 0.3) is 0 Å². The molecule has 1 aromatic heterocycles. The number of methoxy groups -OCH3 is 1. The number of benzene rings is 2. The average molecular weight is 522 g/mol. The maximum Gasteiger partial charge on any atom is 0.421 e. The number of rotatable bonds is 9. The van der Waals surface area contributed by atoms with E-state index in [1.165, 1.54) is 26.4 Å². The van der Waals surface area contributed by atoms with Crippen molar-refractivity contribution in [3.8, 4) is 5.75 Å². The molecule has 0 spiro atoms. The van der Waals surface area contributed by atoms with Gasteiger partial charge in [-0.05, 0) is 49.2 Å². The second-order valence-corrected chi connectivity index (χ2v) is 9.35. The molecule has 2 aromatic carbocycles. The van der Waals surface area contributed by atoms with Crippen molar-refractivity contribution in [1.29, 1.82) is 0 Å². The van der Waals surface area contributed by atoms with Gasteiger partial charge in [0.2, 0.25) is 5.95 Å². The Hall–Kier alpha value is -3.67. The van der Waals surface area contributed by atoms with Crippen LogP contribution in [0.4, 0.5) is 36.3 Å². The lowest BCUT2D eigenvalue weighted by molar-refractivity contribution is -0.137. The summed E-state index contributed by atoms with van der Waals surface area (Å²) in [6, 6.07) is 10.0. The van der Waals surface area contributed by atoms with Crippen molar-refractivity contribution in [3.05, 3.63) is 64.8 Å². The summed E-state index contributed by atoms with van der Waals surface area (Å²) in [5, 5.41) is 5.60. The summed E-state index contributed by atoms with van der Waals surface area (Å²) >= 11 is 0. The third-order valence-electron chi connectivity index (χ3n) is 5.36. The molecule has 3 aromatic rings. The number of alkyl halides is 3. The number of aromatic nitrogens is 2. The van der Waals surface area contributed by atoms with Crippen LogP contribution in [-0.4, -0.2) is 40.4 Å². The zero-order chi connectivity index (χ0) is 26.6. The molecule has 0 amide bonds. The van der Waals surface area contributed by atoms with E-state index < -0.39 is 28.5 Å². The van der Waals surface area contributed by atoms with Crippen molar-refractivity contribution < 1.29 is 26.9 Å². The number of ketones is 1. The van der Waals surface area contributed by atoms with E-state index in [1.807, 2.05) is 19.1 Å². The molecule has 3 rings (SSSR count). The van der Waals surface area contributed by atoms with Gasteiger partial charge in [-0.25, -0.2) is 9.19 Å². The fourth-order valence-electron chi connectivity index (χ4n) is 3.35. The van der Waals surface area contributed by atoms with Crippen molar-refractivity contribution in [2.75, 3.05) is 35.4 Å². The van der Waals surface area contributed by atoms with Gasteiger partial charge >= 0.3 is 6.18 Å². The number of nitrogens with zero attached hydrogens (tertiary/aromatic N) is 3. The second-order valence-electron chi connectivity index (χ2n) is 7.96. The highest BCUT2D eigenvalue weighted by Crippen LogP contribution is 2.35. The van der Waals surface area contributed by atoms with E-state index in [2.05, 4.69) is 20.6 Å². The smallest absolute Gasteiger partial charge is 0.421 e. The third-order valence-corrected chi connectivity index (χ3v) is 6.33. The Morgan fingerprint density at radius 3 is 2.53 bits per heavy atom. The van der Waals surface area contributed by atoms with Crippen LogP contribution >= 0.6 is 0 Å². The summed E-state index contributed by atoms with van der Waals surface area (Å²) < 4.78 is 59.9. The van der Waals surface area contributed by atoms with Gasteiger partial charge < -0.3 is 15.4 Å². The van der Waals surface area contributed by atoms with Crippen LogP contribution in [0.5, 0.6) is 5.75 Å². The monoisotopic (exact) mass is 521 g/mol. The molecule has 0 saturated heterocycles. The number of carbonyl (C=O) groups is 1. The normalized spacial score (nSPS) is 12.1. The summed E-state index contributed by atoms with van der Waals surface area (Å²) in [7, 11) is 1.73. The first-order valence-electron chi connectivity index (χ1n) is 10.7. The van der Waals surface area contributed by atoms with E-state index in [0.717, 1.165) is 5.56 Å². The molecule has 192 valence electrons. The van der Waals surface area contributed by atoms with E-state index in [0.29, 0.717) is 34.4 Å². The van der Waals surface area contributed by atoms with Crippen LogP contribution in [0.3, 0.4) is 0 Å². The predicted octanol–water partition coefficient (Wildman–Crippen LogP) is 5.10. The van der Waals surface area contributed by atoms with Crippen LogP contribution in [0.2, 0.25) is 0 Å². The first-order chi connectivity index (χ1) is 16.9. The largest absolute Gasteiger partial charge is 0.495 e. The highest BCUT2D eigenvalue weighted by molar-refractivity contribution is 7.85. The Balaban J connectivity index is 1.95. The highest BCUT2D eigenvalue weighted by atomic mass is 32.2. The molecule has 8 nitrogen and oxygen atoms in total. The van der Waals surface area contributed by atoms with Crippen LogP contribution in [0.1, 0.15) is 34.0 Å². The van der Waals surface area contributed by atoms with E-state index in [1.54, 1.807) is 29.6 Å². The lowest BCUT2D eigenvalue weighted by Gasteiger charge is -2.21. The second kappa shape index (κ2) is 10.9. The molecule has 1 unspecified atom stereocenters. The van der Waals surface area contributed by atoms with Gasteiger partial charge in [0.05, 0.1) is 18.5 Å². The van der Waals surface area contributed by atoms with Crippen molar-refractivity contribution in [2.45, 2.75) is 26.6 Å². The van der Waals surface area contributed by atoms with Gasteiger partial charge in [-0.2, -0.15) is 18.2 Å². The third kappa shape index (κ3) is 6.30. The number of nitrogens with one attached hydrogen (secondary N) is 2. The van der Waals surface area contributed by atoms with Crippen LogP contribution in [0, 0.1) is 6.92 Å². The Morgan fingerprint density at radius 2 is 1.92 bits per heavy atom. The first kappa shape index (κ1) is 26.9. The Morgan fingerprint density at radius 1 is 1.19 bits per heavy atom. The number of aryl methyl sites for hydroxylation is 1. The van der Waals surface area contributed by atoms with Crippen LogP contribution < -0.4 is 19.7 Å². The van der Waals surface area contributed by atoms with Gasteiger partial charge in [0.1, 0.15) is 28.1 Å². The maximum atomic E-state index is 13.7. The van der Waals surface area contributed by atoms with Gasteiger partial charge in [-0.3, -0.25) is 9.10 Å².